The molecule has 12 heavy (non-hydrogen) atoms. The van der Waals surface area contributed by atoms with Crippen LogP contribution in [0.3, 0.4) is 0 Å². The molecule has 10 heteroatoms. The van der Waals surface area contributed by atoms with E-state index in [1.54, 1.807) is 0 Å². The second-order valence-corrected chi connectivity index (χ2v) is 5.59. The molecule has 0 aliphatic rings. The molecule has 0 amide bonds. The Kier molecular flexibility index (Phi) is 6.18. The molecule has 0 rings (SSSR count). The molecule has 0 aromatic rings. The van der Waals surface area contributed by atoms with Crippen molar-refractivity contribution in [3.05, 3.63) is 0 Å². The van der Waals surface area contributed by atoms with E-state index in [-0.39, 0.29) is 17.1 Å². The molecule has 0 aliphatic heterocycles. The molecule has 0 bridgehead atoms. The second-order valence-electron chi connectivity index (χ2n) is 1.63. The number of aliphatic hydroxyl groups excluding tert-OH is 1. The maximum atomic E-state index is 10.4. The smallest absolute Gasteiger partial charge is 0.776 e. The molecule has 0 spiro atoms. The Bertz CT molecular complexity index is 221. The number of rotatable bonds is 3. The minimum Gasteiger partial charge on any atom is -0.776 e. The number of hydrogen-bond acceptors (Lipinski definition) is 6. The van der Waals surface area contributed by atoms with Gasteiger partial charge in [0.1, 0.15) is 0 Å². The van der Waals surface area contributed by atoms with E-state index in [2.05, 4.69) is 4.52 Å². The summed E-state index contributed by atoms with van der Waals surface area (Å²) in [5.41, 5.74) is -2.89. The fourth-order valence-electron chi connectivity index (χ4n) is 0.273. The molecular weight excluding hydrogens is 254 g/mol. The van der Waals surface area contributed by atoms with E-state index in [0.717, 1.165) is 0 Å². The average Bonchev–Trinajstić information content (AvgIpc) is 1.84. The van der Waals surface area contributed by atoms with Crippen LogP contribution in [0.2, 0.25) is 0 Å². The molecule has 0 saturated heterocycles. The first-order valence-electron chi connectivity index (χ1n) is 2.30. The Morgan fingerprint density at radius 3 is 1.83 bits per heavy atom. The largest absolute Gasteiger partial charge is 2.00 e. The molecule has 74 valence electrons. The predicted molar refractivity (Wildman–Crippen MR) is 30.4 cm³/mol. The summed E-state index contributed by atoms with van der Waals surface area (Å²) in [6, 6.07) is 0. The normalized spacial score (nSPS) is 23.1. The van der Waals surface area contributed by atoms with Crippen molar-refractivity contribution in [1.82, 2.24) is 0 Å². The van der Waals surface area contributed by atoms with Gasteiger partial charge in [0, 0.05) is 7.11 Å². The van der Waals surface area contributed by atoms with Gasteiger partial charge in [-0.2, -0.15) is 0 Å². The molecule has 0 aliphatic carbocycles. The summed E-state index contributed by atoms with van der Waals surface area (Å²) in [7, 11) is -9.52. The van der Waals surface area contributed by atoms with Gasteiger partial charge >= 0.3 is 17.1 Å². The van der Waals surface area contributed by atoms with E-state index in [1.165, 1.54) is 0 Å². The fraction of sp³-hybridized carbons (Fsp3) is 1.00. The zero-order valence-corrected chi connectivity index (χ0v) is 8.65. The van der Waals surface area contributed by atoms with E-state index >= 15 is 0 Å². The van der Waals surface area contributed by atoms with E-state index in [0.29, 0.717) is 7.11 Å². The molecule has 2 N–H and O–H groups in total. The van der Waals surface area contributed by atoms with Gasteiger partial charge in [0.25, 0.3) is 0 Å². The van der Waals surface area contributed by atoms with Crippen LogP contribution >= 0.6 is 15.2 Å². The van der Waals surface area contributed by atoms with E-state index in [9.17, 15) is 18.9 Å². The summed E-state index contributed by atoms with van der Waals surface area (Å²) in [5.74, 6) is 0. The minimum absolute atomic E-state index is 0. The van der Waals surface area contributed by atoms with Crippen molar-refractivity contribution >= 4 is 15.2 Å². The maximum Gasteiger partial charge on any atom is 2.00 e. The van der Waals surface area contributed by atoms with Crippen LogP contribution in [-0.4, -0.2) is 22.7 Å². The molecule has 0 saturated carbocycles. The van der Waals surface area contributed by atoms with Gasteiger partial charge < -0.3 is 33.4 Å². The summed E-state index contributed by atoms with van der Waals surface area (Å²) >= 11 is 0. The Morgan fingerprint density at radius 2 is 1.75 bits per heavy atom. The first-order valence-corrected chi connectivity index (χ1v) is 5.55. The van der Waals surface area contributed by atoms with Crippen LogP contribution in [0.4, 0.5) is 0 Å². The molecule has 0 heterocycles. The van der Waals surface area contributed by atoms with Gasteiger partial charge in [0.2, 0.25) is 0 Å². The SMILES string of the molecule is COP(=O)([O-])C(O)P(=O)([O-])O.[Fe+2]. The zero-order valence-electron chi connectivity index (χ0n) is 5.76. The molecular formula is C2H6FeO7P2. The van der Waals surface area contributed by atoms with Gasteiger partial charge in [-0.3, -0.25) is 0 Å². The first-order chi connectivity index (χ1) is 4.72. The Labute approximate surface area is 78.9 Å². The average molecular weight is 260 g/mol. The van der Waals surface area contributed by atoms with Crippen molar-refractivity contribution in [2.24, 2.45) is 0 Å². The monoisotopic (exact) mass is 260 g/mol. The molecule has 0 aromatic heterocycles. The van der Waals surface area contributed by atoms with E-state index in [1.807, 2.05) is 0 Å². The fourth-order valence-corrected chi connectivity index (χ4v) is 2.17. The van der Waals surface area contributed by atoms with Gasteiger partial charge in [-0.05, 0) is 0 Å². The van der Waals surface area contributed by atoms with Gasteiger partial charge in [-0.1, -0.05) is 0 Å². The molecule has 7 nitrogen and oxygen atoms in total. The summed E-state index contributed by atoms with van der Waals surface area (Å²) < 4.78 is 24.0. The van der Waals surface area contributed by atoms with Crippen molar-refractivity contribution in [2.45, 2.75) is 5.59 Å². The Morgan fingerprint density at radius 1 is 1.42 bits per heavy atom. The van der Waals surface area contributed by atoms with Crippen molar-refractivity contribution < 1.29 is 50.5 Å². The third kappa shape index (κ3) is 4.14. The second kappa shape index (κ2) is 4.86. The molecule has 3 atom stereocenters. The summed E-state index contributed by atoms with van der Waals surface area (Å²) in [6.45, 7) is 0. The minimum atomic E-state index is -5.29. The number of hydrogen-bond donors (Lipinski definition) is 2. The van der Waals surface area contributed by atoms with E-state index < -0.39 is 20.8 Å². The summed E-state index contributed by atoms with van der Waals surface area (Å²) in [6.07, 6.45) is 0. The van der Waals surface area contributed by atoms with Crippen LogP contribution in [0.25, 0.3) is 0 Å². The van der Waals surface area contributed by atoms with Crippen LogP contribution in [0.1, 0.15) is 0 Å². The third-order valence-electron chi connectivity index (χ3n) is 0.829. The van der Waals surface area contributed by atoms with Crippen molar-refractivity contribution in [1.29, 1.82) is 0 Å². The Balaban J connectivity index is 0. The maximum absolute atomic E-state index is 10.4. The molecule has 0 radical (unpaired) electrons. The van der Waals surface area contributed by atoms with Gasteiger partial charge in [0.05, 0.1) is 0 Å². The zero-order chi connectivity index (χ0) is 9.28. The van der Waals surface area contributed by atoms with Crippen LogP contribution in [-0.2, 0) is 30.7 Å². The predicted octanol–water partition coefficient (Wildman–Crippen LogP) is -1.99. The van der Waals surface area contributed by atoms with Crippen molar-refractivity contribution in [3.8, 4) is 0 Å². The molecule has 3 unspecified atom stereocenters. The van der Waals surface area contributed by atoms with Gasteiger partial charge in [-0.25, -0.2) is 0 Å². The topological polar surface area (TPSA) is 130 Å². The first kappa shape index (κ1) is 15.3. The van der Waals surface area contributed by atoms with Gasteiger partial charge in [0.15, 0.2) is 20.8 Å². The van der Waals surface area contributed by atoms with Crippen LogP contribution in [0, 0.1) is 0 Å². The summed E-state index contributed by atoms with van der Waals surface area (Å²) in [5, 5.41) is 8.39. The van der Waals surface area contributed by atoms with Crippen LogP contribution < -0.4 is 9.79 Å². The molecule has 0 fully saturated rings. The van der Waals surface area contributed by atoms with E-state index in [4.69, 9.17) is 10.00 Å². The van der Waals surface area contributed by atoms with Gasteiger partial charge in [-0.15, -0.1) is 0 Å². The van der Waals surface area contributed by atoms with Crippen LogP contribution in [0.15, 0.2) is 0 Å². The number of aliphatic hydroxyl groups is 1. The molecule has 0 aromatic carbocycles. The standard InChI is InChI=1S/C2H8O7P2.Fe/c1-9-11(7,8)2(3)10(4,5)6;/h2-3H,1H3,(H,7,8)(H2,4,5,6);/q;+2/p-2. The van der Waals surface area contributed by atoms with Crippen LogP contribution in [0.5, 0.6) is 0 Å². The third-order valence-corrected chi connectivity index (χ3v) is 4.21. The summed E-state index contributed by atoms with van der Waals surface area (Å²) in [4.78, 5) is 28.4. The quantitative estimate of drug-likeness (QED) is 0.443. The Hall–Kier alpha value is 0.779. The van der Waals surface area contributed by atoms with Crippen molar-refractivity contribution in [3.63, 3.8) is 0 Å². The van der Waals surface area contributed by atoms with Crippen molar-refractivity contribution in [2.75, 3.05) is 7.11 Å².